The lowest BCUT2D eigenvalue weighted by Gasteiger charge is -2.10. The Morgan fingerprint density at radius 1 is 1.58 bits per heavy atom. The zero-order valence-electron chi connectivity index (χ0n) is 7.11. The third-order valence-corrected chi connectivity index (χ3v) is 1.48. The van der Waals surface area contributed by atoms with E-state index < -0.39 is 0 Å². The molecule has 0 saturated heterocycles. The number of nitrogens with two attached hydrogens (primary N) is 1. The van der Waals surface area contributed by atoms with E-state index in [0.29, 0.717) is 5.56 Å². The maximum Gasteiger partial charge on any atom is 0.257 e. The molecule has 64 valence electrons. The second-order valence-electron chi connectivity index (χ2n) is 2.64. The van der Waals surface area contributed by atoms with Crippen LogP contribution < -0.4 is 5.73 Å². The Morgan fingerprint density at radius 2 is 2.25 bits per heavy atom. The highest BCUT2D eigenvalue weighted by Crippen LogP contribution is 2.08. The molecule has 0 atom stereocenters. The molecule has 0 aliphatic heterocycles. The normalized spacial score (nSPS) is 9.50. The van der Waals surface area contributed by atoms with Crippen molar-refractivity contribution in [3.63, 3.8) is 0 Å². The highest BCUT2D eigenvalue weighted by atomic mass is 16.2. The predicted octanol–water partition coefficient (Wildman–Crippen LogP) is 0.366. The lowest BCUT2D eigenvalue weighted by Crippen LogP contribution is -2.23. The van der Waals surface area contributed by atoms with Gasteiger partial charge in [0.2, 0.25) is 0 Å². The highest BCUT2D eigenvalue weighted by Gasteiger charge is 2.10. The number of nitrogens with zero attached hydrogens (tertiary/aromatic N) is 2. The number of carbonyl (C=O) groups excluding carboxylic acids is 1. The summed E-state index contributed by atoms with van der Waals surface area (Å²) in [5.74, 6) is 0.150. The van der Waals surface area contributed by atoms with Crippen molar-refractivity contribution in [3.05, 3.63) is 23.9 Å². The molecule has 0 radical (unpaired) electrons. The van der Waals surface area contributed by atoms with E-state index in [4.69, 9.17) is 5.73 Å². The second-order valence-corrected chi connectivity index (χ2v) is 2.64. The summed E-state index contributed by atoms with van der Waals surface area (Å²) < 4.78 is 0. The smallest absolute Gasteiger partial charge is 0.257 e. The van der Waals surface area contributed by atoms with Crippen molar-refractivity contribution in [1.29, 1.82) is 0 Å². The Labute approximate surface area is 71.0 Å². The lowest BCUT2D eigenvalue weighted by molar-refractivity contribution is 0.0828. The van der Waals surface area contributed by atoms with E-state index in [1.165, 1.54) is 4.90 Å². The first-order valence-electron chi connectivity index (χ1n) is 3.55. The molecule has 1 rings (SSSR count). The molecule has 0 aliphatic carbocycles. The fourth-order valence-electron chi connectivity index (χ4n) is 0.839. The largest absolute Gasteiger partial charge is 0.383 e. The first-order valence-corrected chi connectivity index (χ1v) is 3.55. The number of rotatable bonds is 1. The monoisotopic (exact) mass is 165 g/mol. The van der Waals surface area contributed by atoms with Crippen LogP contribution in [0.2, 0.25) is 0 Å². The standard InChI is InChI=1S/C8H11N3O/c1-11(2)8(12)6-4-3-5-10-7(6)9/h3-5H,1-2H3,(H2,9,10). The van der Waals surface area contributed by atoms with Gasteiger partial charge in [-0.25, -0.2) is 4.98 Å². The number of carbonyl (C=O) groups is 1. The number of nitrogen functional groups attached to an aromatic ring is 1. The maximum atomic E-state index is 11.4. The van der Waals surface area contributed by atoms with Crippen molar-refractivity contribution < 1.29 is 4.79 Å². The zero-order chi connectivity index (χ0) is 9.14. The molecule has 1 aromatic rings. The summed E-state index contributed by atoms with van der Waals surface area (Å²) in [5.41, 5.74) is 5.95. The van der Waals surface area contributed by atoms with Crippen LogP contribution >= 0.6 is 0 Å². The summed E-state index contributed by atoms with van der Waals surface area (Å²) >= 11 is 0. The topological polar surface area (TPSA) is 59.2 Å². The van der Waals surface area contributed by atoms with Crippen molar-refractivity contribution in [2.45, 2.75) is 0 Å². The van der Waals surface area contributed by atoms with Crippen molar-refractivity contribution in [2.24, 2.45) is 0 Å². The first-order chi connectivity index (χ1) is 5.63. The van der Waals surface area contributed by atoms with Gasteiger partial charge in [0.25, 0.3) is 5.91 Å². The summed E-state index contributed by atoms with van der Waals surface area (Å²) in [4.78, 5) is 16.6. The second kappa shape index (κ2) is 3.21. The van der Waals surface area contributed by atoms with Crippen molar-refractivity contribution in [1.82, 2.24) is 9.88 Å². The van der Waals surface area contributed by atoms with Gasteiger partial charge in [-0.05, 0) is 12.1 Å². The Kier molecular flexibility index (Phi) is 2.28. The molecule has 0 unspecified atom stereocenters. The molecule has 0 fully saturated rings. The quantitative estimate of drug-likeness (QED) is 0.653. The third kappa shape index (κ3) is 1.53. The molecule has 0 bridgehead atoms. The Balaban J connectivity index is 3.03. The maximum absolute atomic E-state index is 11.4. The number of aromatic nitrogens is 1. The molecule has 0 aliphatic rings. The number of anilines is 1. The van der Waals surface area contributed by atoms with Crippen LogP contribution in [0.1, 0.15) is 10.4 Å². The average molecular weight is 165 g/mol. The van der Waals surface area contributed by atoms with Crippen LogP contribution in [-0.4, -0.2) is 29.9 Å². The van der Waals surface area contributed by atoms with Gasteiger partial charge < -0.3 is 10.6 Å². The average Bonchev–Trinajstić information content (AvgIpc) is 2.04. The van der Waals surface area contributed by atoms with Crippen LogP contribution in [0.5, 0.6) is 0 Å². The van der Waals surface area contributed by atoms with Gasteiger partial charge in [-0.3, -0.25) is 4.79 Å². The van der Waals surface area contributed by atoms with Crippen molar-refractivity contribution in [3.8, 4) is 0 Å². The number of hydrogen-bond donors (Lipinski definition) is 1. The van der Waals surface area contributed by atoms with E-state index in [0.717, 1.165) is 0 Å². The fourth-order valence-corrected chi connectivity index (χ4v) is 0.839. The molecule has 4 nitrogen and oxygen atoms in total. The van der Waals surface area contributed by atoms with Crippen LogP contribution in [0, 0.1) is 0 Å². The van der Waals surface area contributed by atoms with Crippen molar-refractivity contribution in [2.75, 3.05) is 19.8 Å². The molecule has 1 amide bonds. The van der Waals surface area contributed by atoms with Gasteiger partial charge >= 0.3 is 0 Å². The molecule has 0 spiro atoms. The molecule has 1 heterocycles. The summed E-state index contributed by atoms with van der Waals surface area (Å²) in [6.45, 7) is 0. The van der Waals surface area contributed by atoms with Crippen LogP contribution in [0.15, 0.2) is 18.3 Å². The van der Waals surface area contributed by atoms with Gasteiger partial charge in [0, 0.05) is 20.3 Å². The molecule has 0 saturated carbocycles. The van der Waals surface area contributed by atoms with Gasteiger partial charge in [0.05, 0.1) is 5.56 Å². The van der Waals surface area contributed by atoms with Crippen LogP contribution in [-0.2, 0) is 0 Å². The van der Waals surface area contributed by atoms with E-state index in [1.807, 2.05) is 0 Å². The number of amides is 1. The molecule has 12 heavy (non-hydrogen) atoms. The first kappa shape index (κ1) is 8.52. The Bertz CT molecular complexity index is 296. The number of pyridine rings is 1. The van der Waals surface area contributed by atoms with Gasteiger partial charge in [-0.1, -0.05) is 0 Å². The van der Waals surface area contributed by atoms with Crippen LogP contribution in [0.25, 0.3) is 0 Å². The summed E-state index contributed by atoms with van der Waals surface area (Å²) in [7, 11) is 3.35. The minimum atomic E-state index is -0.124. The minimum Gasteiger partial charge on any atom is -0.383 e. The van der Waals surface area contributed by atoms with E-state index in [9.17, 15) is 4.79 Å². The minimum absolute atomic E-state index is 0.124. The van der Waals surface area contributed by atoms with Gasteiger partial charge in [0.1, 0.15) is 5.82 Å². The predicted molar refractivity (Wildman–Crippen MR) is 46.7 cm³/mol. The molecule has 1 aromatic heterocycles. The third-order valence-electron chi connectivity index (χ3n) is 1.48. The molecular formula is C8H11N3O. The molecular weight excluding hydrogens is 154 g/mol. The van der Waals surface area contributed by atoms with E-state index in [1.54, 1.807) is 32.4 Å². The van der Waals surface area contributed by atoms with Gasteiger partial charge in [-0.15, -0.1) is 0 Å². The van der Waals surface area contributed by atoms with Gasteiger partial charge in [0.15, 0.2) is 0 Å². The Morgan fingerprint density at radius 3 is 2.75 bits per heavy atom. The Hall–Kier alpha value is -1.58. The molecule has 4 heteroatoms. The zero-order valence-corrected chi connectivity index (χ0v) is 7.11. The van der Waals surface area contributed by atoms with Crippen LogP contribution in [0.4, 0.5) is 5.82 Å². The van der Waals surface area contributed by atoms with E-state index in [2.05, 4.69) is 4.98 Å². The van der Waals surface area contributed by atoms with Gasteiger partial charge in [-0.2, -0.15) is 0 Å². The molecule has 0 aromatic carbocycles. The van der Waals surface area contributed by atoms with Crippen molar-refractivity contribution >= 4 is 11.7 Å². The summed E-state index contributed by atoms with van der Waals surface area (Å²) in [6, 6.07) is 3.34. The summed E-state index contributed by atoms with van der Waals surface area (Å²) in [5, 5.41) is 0. The van der Waals surface area contributed by atoms with Crippen LogP contribution in [0.3, 0.4) is 0 Å². The molecule has 2 N–H and O–H groups in total. The fraction of sp³-hybridized carbons (Fsp3) is 0.250. The SMILES string of the molecule is CN(C)C(=O)c1cccnc1N. The highest BCUT2D eigenvalue weighted by molar-refractivity contribution is 5.97. The van der Waals surface area contributed by atoms with E-state index >= 15 is 0 Å². The summed E-state index contributed by atoms with van der Waals surface area (Å²) in [6.07, 6.45) is 1.56. The lowest BCUT2D eigenvalue weighted by atomic mass is 10.2. The number of hydrogen-bond acceptors (Lipinski definition) is 3. The van der Waals surface area contributed by atoms with E-state index in [-0.39, 0.29) is 11.7 Å².